The highest BCUT2D eigenvalue weighted by Gasteiger charge is 2.30. The van der Waals surface area contributed by atoms with Crippen LogP contribution in [-0.4, -0.2) is 6.61 Å². The Hall–Kier alpha value is -2.37. The third-order valence-corrected chi connectivity index (χ3v) is 2.72. The van der Waals surface area contributed by atoms with Gasteiger partial charge in [0.15, 0.2) is 0 Å². The molecule has 0 fully saturated rings. The van der Waals surface area contributed by atoms with Gasteiger partial charge in [0.2, 0.25) is 0 Å². The van der Waals surface area contributed by atoms with Gasteiger partial charge in [0.1, 0.15) is 5.75 Å². The first-order valence-electron chi connectivity index (χ1n) is 6.36. The van der Waals surface area contributed by atoms with Crippen LogP contribution in [0.5, 0.6) is 5.75 Å². The molecule has 0 aliphatic rings. The van der Waals surface area contributed by atoms with E-state index in [2.05, 4.69) is 5.32 Å². The van der Waals surface area contributed by atoms with Gasteiger partial charge in [0.05, 0.1) is 12.2 Å². The second-order valence-electron chi connectivity index (χ2n) is 4.43. The van der Waals surface area contributed by atoms with Crippen molar-refractivity contribution in [3.63, 3.8) is 0 Å². The molecule has 0 atom stereocenters. The molecule has 3 N–H and O–H groups in total. The van der Waals surface area contributed by atoms with Crippen molar-refractivity contribution in [3.05, 3.63) is 48.0 Å². The van der Waals surface area contributed by atoms with Crippen LogP contribution in [0, 0.1) is 0 Å². The molecule has 0 amide bonds. The van der Waals surface area contributed by atoms with Crippen molar-refractivity contribution in [2.24, 2.45) is 0 Å². The summed E-state index contributed by atoms with van der Waals surface area (Å²) >= 11 is 0. The van der Waals surface area contributed by atoms with E-state index in [1.165, 1.54) is 6.07 Å². The monoisotopic (exact) mass is 296 g/mol. The van der Waals surface area contributed by atoms with Crippen LogP contribution in [0.2, 0.25) is 0 Å². The molecular weight excluding hydrogens is 281 g/mol. The fourth-order valence-corrected chi connectivity index (χ4v) is 1.88. The fraction of sp³-hybridized carbons (Fsp3) is 0.200. The highest BCUT2D eigenvalue weighted by Crippen LogP contribution is 2.32. The van der Waals surface area contributed by atoms with Crippen molar-refractivity contribution in [1.29, 1.82) is 0 Å². The van der Waals surface area contributed by atoms with Crippen LogP contribution in [0.25, 0.3) is 0 Å². The number of benzene rings is 2. The number of anilines is 3. The second-order valence-corrected chi connectivity index (χ2v) is 4.43. The Bertz CT molecular complexity index is 627. The SMILES string of the molecule is CCOc1cc(N)cc(Nc2cccc(C(F)(F)F)c2)c1. The normalized spacial score (nSPS) is 11.2. The zero-order valence-electron chi connectivity index (χ0n) is 11.4. The molecule has 0 bridgehead atoms. The molecule has 0 heterocycles. The zero-order valence-corrected chi connectivity index (χ0v) is 11.4. The van der Waals surface area contributed by atoms with Gasteiger partial charge >= 0.3 is 6.18 Å². The Morgan fingerprint density at radius 2 is 1.86 bits per heavy atom. The summed E-state index contributed by atoms with van der Waals surface area (Å²) in [7, 11) is 0. The molecule has 0 saturated carbocycles. The summed E-state index contributed by atoms with van der Waals surface area (Å²) in [5, 5.41) is 2.90. The van der Waals surface area contributed by atoms with Crippen LogP contribution in [0.3, 0.4) is 0 Å². The summed E-state index contributed by atoms with van der Waals surface area (Å²) in [6.07, 6.45) is -4.37. The largest absolute Gasteiger partial charge is 0.494 e. The van der Waals surface area contributed by atoms with E-state index in [9.17, 15) is 13.2 Å². The van der Waals surface area contributed by atoms with Crippen LogP contribution in [0.15, 0.2) is 42.5 Å². The minimum atomic E-state index is -4.37. The van der Waals surface area contributed by atoms with Crippen LogP contribution < -0.4 is 15.8 Å². The minimum absolute atomic E-state index is 0.331. The van der Waals surface area contributed by atoms with Gasteiger partial charge < -0.3 is 15.8 Å². The highest BCUT2D eigenvalue weighted by molar-refractivity contribution is 5.66. The lowest BCUT2D eigenvalue weighted by Gasteiger charge is -2.12. The number of alkyl halides is 3. The number of hydrogen-bond donors (Lipinski definition) is 2. The maximum atomic E-state index is 12.7. The number of rotatable bonds is 4. The van der Waals surface area contributed by atoms with Gasteiger partial charge in [-0.2, -0.15) is 13.2 Å². The first kappa shape index (κ1) is 15.0. The Balaban J connectivity index is 2.26. The molecule has 2 aromatic carbocycles. The summed E-state index contributed by atoms with van der Waals surface area (Å²) in [5.74, 6) is 0.562. The summed E-state index contributed by atoms with van der Waals surface area (Å²) in [6.45, 7) is 2.32. The van der Waals surface area contributed by atoms with Gasteiger partial charge in [-0.3, -0.25) is 0 Å². The van der Waals surface area contributed by atoms with E-state index in [0.717, 1.165) is 12.1 Å². The molecular formula is C15H15F3N2O. The van der Waals surface area contributed by atoms with Gasteiger partial charge in [-0.15, -0.1) is 0 Å². The topological polar surface area (TPSA) is 47.3 Å². The van der Waals surface area contributed by atoms with Crippen molar-refractivity contribution in [2.45, 2.75) is 13.1 Å². The van der Waals surface area contributed by atoms with Crippen LogP contribution >= 0.6 is 0 Å². The standard InChI is InChI=1S/C15H15F3N2O/c1-2-21-14-8-11(19)7-13(9-14)20-12-5-3-4-10(6-12)15(16,17)18/h3-9,20H,2,19H2,1H3. The second kappa shape index (κ2) is 5.95. The predicted octanol–water partition coefficient (Wildman–Crippen LogP) is 4.43. The van der Waals surface area contributed by atoms with Gasteiger partial charge in [-0.25, -0.2) is 0 Å². The molecule has 3 nitrogen and oxygen atoms in total. The average molecular weight is 296 g/mol. The lowest BCUT2D eigenvalue weighted by Crippen LogP contribution is -2.05. The van der Waals surface area contributed by atoms with Crippen molar-refractivity contribution in [3.8, 4) is 5.75 Å². The molecule has 0 aliphatic carbocycles. The third kappa shape index (κ3) is 4.05. The number of nitrogen functional groups attached to an aromatic ring is 1. The van der Waals surface area contributed by atoms with Gasteiger partial charge in [0, 0.05) is 29.2 Å². The molecule has 0 unspecified atom stereocenters. The van der Waals surface area contributed by atoms with E-state index in [4.69, 9.17) is 10.5 Å². The van der Waals surface area contributed by atoms with E-state index >= 15 is 0 Å². The van der Waals surface area contributed by atoms with Crippen molar-refractivity contribution in [1.82, 2.24) is 0 Å². The molecule has 0 aliphatic heterocycles. The first-order chi connectivity index (χ1) is 9.88. The van der Waals surface area contributed by atoms with E-state index < -0.39 is 11.7 Å². The van der Waals surface area contributed by atoms with E-state index in [1.54, 1.807) is 24.3 Å². The number of nitrogens with one attached hydrogen (secondary N) is 1. The third-order valence-electron chi connectivity index (χ3n) is 2.72. The quantitative estimate of drug-likeness (QED) is 0.820. The average Bonchev–Trinajstić information content (AvgIpc) is 2.37. The Labute approximate surface area is 120 Å². The minimum Gasteiger partial charge on any atom is -0.494 e. The van der Waals surface area contributed by atoms with Gasteiger partial charge in [0.25, 0.3) is 0 Å². The van der Waals surface area contributed by atoms with E-state index in [0.29, 0.717) is 29.4 Å². The van der Waals surface area contributed by atoms with Crippen LogP contribution in [-0.2, 0) is 6.18 Å². The fourth-order valence-electron chi connectivity index (χ4n) is 1.88. The number of halogens is 3. The number of hydrogen-bond acceptors (Lipinski definition) is 3. The molecule has 21 heavy (non-hydrogen) atoms. The zero-order chi connectivity index (χ0) is 15.5. The Morgan fingerprint density at radius 1 is 1.10 bits per heavy atom. The molecule has 112 valence electrons. The summed E-state index contributed by atoms with van der Waals surface area (Å²) in [6, 6.07) is 9.93. The predicted molar refractivity (Wildman–Crippen MR) is 76.8 cm³/mol. The highest BCUT2D eigenvalue weighted by atomic mass is 19.4. The van der Waals surface area contributed by atoms with Gasteiger partial charge in [-0.1, -0.05) is 6.07 Å². The number of ether oxygens (including phenoxy) is 1. The van der Waals surface area contributed by atoms with Crippen LogP contribution in [0.4, 0.5) is 30.2 Å². The summed E-state index contributed by atoms with van der Waals surface area (Å²) in [4.78, 5) is 0. The molecule has 6 heteroatoms. The maximum Gasteiger partial charge on any atom is 0.416 e. The smallest absolute Gasteiger partial charge is 0.416 e. The lowest BCUT2D eigenvalue weighted by molar-refractivity contribution is -0.137. The number of nitrogens with two attached hydrogens (primary N) is 1. The van der Waals surface area contributed by atoms with E-state index in [1.807, 2.05) is 6.92 Å². The molecule has 0 aromatic heterocycles. The molecule has 0 spiro atoms. The molecule has 0 saturated heterocycles. The summed E-state index contributed by atoms with van der Waals surface area (Å²) < 4.78 is 43.3. The Kier molecular flexibility index (Phi) is 4.26. The lowest BCUT2D eigenvalue weighted by atomic mass is 10.2. The molecule has 0 radical (unpaired) electrons. The van der Waals surface area contributed by atoms with Gasteiger partial charge in [-0.05, 0) is 31.2 Å². The van der Waals surface area contributed by atoms with Crippen molar-refractivity contribution in [2.75, 3.05) is 17.7 Å². The molecule has 2 rings (SSSR count). The van der Waals surface area contributed by atoms with E-state index in [-0.39, 0.29) is 0 Å². The van der Waals surface area contributed by atoms with Crippen molar-refractivity contribution < 1.29 is 17.9 Å². The van der Waals surface area contributed by atoms with Crippen LogP contribution in [0.1, 0.15) is 12.5 Å². The maximum absolute atomic E-state index is 12.7. The Morgan fingerprint density at radius 3 is 2.52 bits per heavy atom. The van der Waals surface area contributed by atoms with Crippen molar-refractivity contribution >= 4 is 17.1 Å². The molecule has 2 aromatic rings. The first-order valence-corrected chi connectivity index (χ1v) is 6.36. The summed E-state index contributed by atoms with van der Waals surface area (Å²) in [5.41, 5.74) is 6.40.